The van der Waals surface area contributed by atoms with E-state index in [1.807, 2.05) is 6.07 Å². The second-order valence-electron chi connectivity index (χ2n) is 7.96. The van der Waals surface area contributed by atoms with Gasteiger partial charge in [-0.2, -0.15) is 10.4 Å². The van der Waals surface area contributed by atoms with Gasteiger partial charge in [-0.25, -0.2) is 23.4 Å². The number of benzene rings is 2. The third-order valence-corrected chi connectivity index (χ3v) is 6.80. The van der Waals surface area contributed by atoms with Crippen molar-refractivity contribution < 1.29 is 18.7 Å². The van der Waals surface area contributed by atoms with Crippen LogP contribution in [-0.4, -0.2) is 36.8 Å². The Morgan fingerprint density at radius 2 is 2.03 bits per heavy atom. The smallest absolute Gasteiger partial charge is 0.263 e. The molecule has 0 bridgehead atoms. The zero-order valence-corrected chi connectivity index (χ0v) is 19.6. The van der Waals surface area contributed by atoms with Gasteiger partial charge in [0, 0.05) is 17.2 Å². The van der Waals surface area contributed by atoms with Crippen LogP contribution in [0.5, 0.6) is 0 Å². The predicted octanol–water partition coefficient (Wildman–Crippen LogP) is 3.57. The summed E-state index contributed by atoms with van der Waals surface area (Å²) >= 11 is 1.15. The van der Waals surface area contributed by atoms with Crippen LogP contribution in [0.2, 0.25) is 0 Å². The summed E-state index contributed by atoms with van der Waals surface area (Å²) in [5.74, 6) is -2.25. The summed E-state index contributed by atoms with van der Waals surface area (Å²) in [6.45, 7) is 2.97. The molecule has 35 heavy (non-hydrogen) atoms. The van der Waals surface area contributed by atoms with Crippen molar-refractivity contribution in [3.05, 3.63) is 88.5 Å². The van der Waals surface area contributed by atoms with Crippen molar-refractivity contribution in [3.8, 4) is 16.6 Å². The Kier molecular flexibility index (Phi) is 6.68. The number of hydrogen-bond acceptors (Lipinski definition) is 7. The second kappa shape index (κ2) is 9.69. The van der Waals surface area contributed by atoms with E-state index in [0.717, 1.165) is 29.0 Å². The average molecular weight is 495 g/mol. The number of nitrogens with zero attached hydrogens (tertiary/aromatic N) is 5. The first-order valence-corrected chi connectivity index (χ1v) is 11.3. The van der Waals surface area contributed by atoms with Gasteiger partial charge in [-0.05, 0) is 32.0 Å². The van der Waals surface area contributed by atoms with Crippen LogP contribution >= 0.6 is 11.3 Å². The number of halogens is 2. The number of nitrogens with one attached hydrogen (secondary N) is 1. The molecule has 2 N–H and O–H groups in total. The van der Waals surface area contributed by atoms with Crippen molar-refractivity contribution >= 4 is 17.2 Å². The summed E-state index contributed by atoms with van der Waals surface area (Å²) in [5, 5.41) is 27.8. The Labute approximate surface area is 203 Å². The van der Waals surface area contributed by atoms with E-state index in [1.165, 1.54) is 24.3 Å². The number of amides is 1. The summed E-state index contributed by atoms with van der Waals surface area (Å²) in [6, 6.07) is 10.7. The maximum Gasteiger partial charge on any atom is 0.263 e. The van der Waals surface area contributed by atoms with Crippen molar-refractivity contribution in [2.75, 3.05) is 0 Å². The number of thiazole rings is 1. The number of carbonyl (C=O) groups is 1. The molecule has 0 saturated carbocycles. The molecule has 0 unspecified atom stereocenters. The van der Waals surface area contributed by atoms with E-state index >= 15 is 0 Å². The van der Waals surface area contributed by atoms with Gasteiger partial charge >= 0.3 is 0 Å². The molecule has 0 aliphatic carbocycles. The Balaban J connectivity index is 1.62. The van der Waals surface area contributed by atoms with Crippen LogP contribution in [0.1, 0.15) is 33.4 Å². The number of carbonyl (C=O) groups excluding carboxylic acids is 1. The quantitative estimate of drug-likeness (QED) is 0.406. The summed E-state index contributed by atoms with van der Waals surface area (Å²) in [4.78, 5) is 21.8. The van der Waals surface area contributed by atoms with Gasteiger partial charge in [0.05, 0.1) is 29.9 Å². The fourth-order valence-electron chi connectivity index (χ4n) is 3.66. The van der Waals surface area contributed by atoms with Crippen molar-refractivity contribution in [2.24, 2.45) is 0 Å². The predicted molar refractivity (Wildman–Crippen MR) is 124 cm³/mol. The fraction of sp³-hybridized carbons (Fsp3) is 0.208. The standard InChI is InChI=1S/C24H20F2N6O2S/c1-14-21(35-23(30-14)17-5-3-16(10-27)4-6-17)22(33)31-15(2)24(34,11-32-13-28-12-29-32)19-8-7-18(25)9-20(19)26/h3-9,12-13,15,34H,11H2,1-2H3,(H,31,33)/t15-,24+/m0/s1. The molecule has 0 fully saturated rings. The average Bonchev–Trinajstić information content (AvgIpc) is 3.48. The zero-order valence-electron chi connectivity index (χ0n) is 18.7. The lowest BCUT2D eigenvalue weighted by atomic mass is 9.86. The van der Waals surface area contributed by atoms with Crippen molar-refractivity contribution in [1.82, 2.24) is 25.1 Å². The highest BCUT2D eigenvalue weighted by atomic mass is 32.1. The number of hydrogen-bond donors (Lipinski definition) is 2. The highest BCUT2D eigenvalue weighted by Crippen LogP contribution is 2.32. The number of nitriles is 1. The third kappa shape index (κ3) is 4.94. The summed E-state index contributed by atoms with van der Waals surface area (Å²) in [5.41, 5.74) is -0.433. The monoisotopic (exact) mass is 494 g/mol. The molecule has 178 valence electrons. The number of rotatable bonds is 7. The first-order chi connectivity index (χ1) is 16.7. The normalized spacial score (nSPS) is 13.6. The Hall–Kier alpha value is -4.01. The van der Waals surface area contributed by atoms with Gasteiger partial charge in [0.2, 0.25) is 0 Å². The highest BCUT2D eigenvalue weighted by Gasteiger charge is 2.40. The van der Waals surface area contributed by atoms with Gasteiger partial charge in [0.25, 0.3) is 5.91 Å². The van der Waals surface area contributed by atoms with Gasteiger partial charge in [0.1, 0.15) is 39.8 Å². The lowest BCUT2D eigenvalue weighted by molar-refractivity contribution is -0.0185. The summed E-state index contributed by atoms with van der Waals surface area (Å²) < 4.78 is 29.6. The minimum atomic E-state index is -1.98. The maximum absolute atomic E-state index is 14.7. The minimum Gasteiger partial charge on any atom is -0.381 e. The SMILES string of the molecule is Cc1nc(-c2ccc(C#N)cc2)sc1C(=O)N[C@@H](C)[C@](O)(Cn1cncn1)c1ccc(F)cc1F. The number of aromatic nitrogens is 4. The van der Waals surface area contributed by atoms with Gasteiger partial charge in [-0.15, -0.1) is 11.3 Å². The van der Waals surface area contributed by atoms with E-state index in [0.29, 0.717) is 27.2 Å². The van der Waals surface area contributed by atoms with E-state index in [4.69, 9.17) is 5.26 Å². The summed E-state index contributed by atoms with van der Waals surface area (Å²) in [7, 11) is 0. The van der Waals surface area contributed by atoms with Crippen molar-refractivity contribution in [1.29, 1.82) is 5.26 Å². The van der Waals surface area contributed by atoms with Crippen LogP contribution in [0.3, 0.4) is 0 Å². The number of aryl methyl sites for hydroxylation is 1. The maximum atomic E-state index is 14.7. The molecule has 0 aliphatic heterocycles. The van der Waals surface area contributed by atoms with Crippen molar-refractivity contribution in [2.45, 2.75) is 32.0 Å². The first-order valence-electron chi connectivity index (χ1n) is 10.5. The third-order valence-electron chi connectivity index (χ3n) is 5.59. The molecular formula is C24H20F2N6O2S. The summed E-state index contributed by atoms with van der Waals surface area (Å²) in [6.07, 6.45) is 2.61. The Bertz CT molecular complexity index is 1400. The molecule has 2 aromatic heterocycles. The molecule has 0 aliphatic rings. The molecule has 0 saturated heterocycles. The van der Waals surface area contributed by atoms with Gasteiger partial charge in [-0.1, -0.05) is 18.2 Å². The number of aliphatic hydroxyl groups is 1. The molecule has 0 spiro atoms. The Morgan fingerprint density at radius 1 is 1.29 bits per heavy atom. The van der Waals surface area contributed by atoms with E-state index in [2.05, 4.69) is 20.4 Å². The fourth-order valence-corrected chi connectivity index (χ4v) is 4.63. The molecule has 2 aromatic carbocycles. The topological polar surface area (TPSA) is 117 Å². The second-order valence-corrected chi connectivity index (χ2v) is 8.96. The van der Waals surface area contributed by atoms with Crippen LogP contribution in [0.25, 0.3) is 10.6 Å². The van der Waals surface area contributed by atoms with Crippen molar-refractivity contribution in [3.63, 3.8) is 0 Å². The molecule has 2 heterocycles. The van der Waals surface area contributed by atoms with Gasteiger partial charge < -0.3 is 10.4 Å². The molecular weight excluding hydrogens is 474 g/mol. The first kappa shape index (κ1) is 24.1. The van der Waals surface area contributed by atoms with Crippen LogP contribution in [0.15, 0.2) is 55.1 Å². The van der Waals surface area contributed by atoms with Crippen LogP contribution in [-0.2, 0) is 12.1 Å². The van der Waals surface area contributed by atoms with E-state index in [9.17, 15) is 18.7 Å². The molecule has 4 rings (SSSR count). The molecule has 2 atom stereocenters. The van der Waals surface area contributed by atoms with Gasteiger partial charge in [0.15, 0.2) is 0 Å². The zero-order chi connectivity index (χ0) is 25.2. The van der Waals surface area contributed by atoms with Crippen LogP contribution in [0, 0.1) is 29.9 Å². The lowest BCUT2D eigenvalue weighted by Crippen LogP contribution is -2.51. The minimum absolute atomic E-state index is 0.193. The van der Waals surface area contributed by atoms with Crippen LogP contribution < -0.4 is 5.32 Å². The lowest BCUT2D eigenvalue weighted by Gasteiger charge is -2.35. The molecule has 8 nitrogen and oxygen atoms in total. The largest absolute Gasteiger partial charge is 0.381 e. The molecule has 1 amide bonds. The van der Waals surface area contributed by atoms with E-state index in [-0.39, 0.29) is 12.1 Å². The highest BCUT2D eigenvalue weighted by molar-refractivity contribution is 7.17. The molecule has 0 radical (unpaired) electrons. The van der Waals surface area contributed by atoms with E-state index in [1.54, 1.807) is 31.2 Å². The van der Waals surface area contributed by atoms with Crippen LogP contribution in [0.4, 0.5) is 8.78 Å². The van der Waals surface area contributed by atoms with Gasteiger partial charge in [-0.3, -0.25) is 4.79 Å². The molecule has 11 heteroatoms. The molecule has 4 aromatic rings. The Morgan fingerprint density at radius 3 is 2.66 bits per heavy atom. The van der Waals surface area contributed by atoms with E-state index < -0.39 is 29.2 Å².